The van der Waals surface area contributed by atoms with Crippen molar-refractivity contribution in [2.45, 2.75) is 25.8 Å². The van der Waals surface area contributed by atoms with E-state index in [0.29, 0.717) is 0 Å². The summed E-state index contributed by atoms with van der Waals surface area (Å²) in [6.45, 7) is 5.14. The smallest absolute Gasteiger partial charge is 0.404 e. The van der Waals surface area contributed by atoms with Gasteiger partial charge < -0.3 is 15.3 Å². The molecule has 3 atom stereocenters. The summed E-state index contributed by atoms with van der Waals surface area (Å²) in [6.07, 6.45) is 1.84. The van der Waals surface area contributed by atoms with E-state index in [0.717, 1.165) is 18.4 Å². The van der Waals surface area contributed by atoms with Gasteiger partial charge in [-0.25, -0.2) is 4.79 Å². The Balaban J connectivity index is 1.72. The van der Waals surface area contributed by atoms with E-state index in [1.54, 1.807) is 0 Å². The van der Waals surface area contributed by atoms with Gasteiger partial charge in [0.15, 0.2) is 0 Å². The van der Waals surface area contributed by atoms with Crippen LogP contribution < -0.4 is 5.32 Å². The molecule has 14 heavy (non-hydrogen) atoms. The number of hydrogen-bond acceptors (Lipinski definition) is 2. The van der Waals surface area contributed by atoms with E-state index >= 15 is 0 Å². The third-order valence-electron chi connectivity index (χ3n) is 3.46. The number of fused-ring (bicyclic) bond motifs is 1. The normalized spacial score (nSPS) is 33.2. The highest BCUT2D eigenvalue weighted by Gasteiger charge is 2.39. The van der Waals surface area contributed by atoms with Crippen LogP contribution in [0.5, 0.6) is 0 Å². The standard InChI is InChI=1S/C10H18N2O2/c1-7(11-10(13)14)4-12-5-8-2-3-9(8)6-12/h7-9,11H,2-6H2,1H3,(H,13,14)/t7-,8?,9?/m1/s1. The van der Waals surface area contributed by atoms with Gasteiger partial charge in [0.1, 0.15) is 0 Å². The summed E-state index contributed by atoms with van der Waals surface area (Å²) in [7, 11) is 0. The van der Waals surface area contributed by atoms with E-state index in [2.05, 4.69) is 10.2 Å². The SMILES string of the molecule is C[C@H](CN1CC2CCC2C1)NC(=O)O. The van der Waals surface area contributed by atoms with Crippen molar-refractivity contribution >= 4 is 6.09 Å². The average Bonchev–Trinajstić information content (AvgIpc) is 2.29. The first-order valence-electron chi connectivity index (χ1n) is 5.37. The van der Waals surface area contributed by atoms with Crippen molar-refractivity contribution in [2.75, 3.05) is 19.6 Å². The van der Waals surface area contributed by atoms with Gasteiger partial charge in [-0.05, 0) is 31.6 Å². The van der Waals surface area contributed by atoms with Crippen molar-refractivity contribution in [3.05, 3.63) is 0 Å². The van der Waals surface area contributed by atoms with Crippen LogP contribution in [0.15, 0.2) is 0 Å². The highest BCUT2D eigenvalue weighted by molar-refractivity contribution is 5.64. The lowest BCUT2D eigenvalue weighted by molar-refractivity contribution is 0.186. The van der Waals surface area contributed by atoms with E-state index in [9.17, 15) is 4.79 Å². The summed E-state index contributed by atoms with van der Waals surface area (Å²) in [6, 6.07) is 0.0463. The number of carbonyl (C=O) groups is 1. The maximum atomic E-state index is 10.4. The molecule has 4 nitrogen and oxygen atoms in total. The van der Waals surface area contributed by atoms with Crippen LogP contribution in [0.1, 0.15) is 19.8 Å². The Kier molecular flexibility index (Phi) is 2.63. The number of hydrogen-bond donors (Lipinski definition) is 2. The Labute approximate surface area is 84.3 Å². The molecule has 2 N–H and O–H groups in total. The second-order valence-electron chi connectivity index (χ2n) is 4.67. The van der Waals surface area contributed by atoms with Crippen LogP contribution in [0.25, 0.3) is 0 Å². The third kappa shape index (κ3) is 2.00. The first-order valence-corrected chi connectivity index (χ1v) is 5.37. The summed E-state index contributed by atoms with van der Waals surface area (Å²) in [5, 5.41) is 11.0. The van der Waals surface area contributed by atoms with Gasteiger partial charge in [-0.3, -0.25) is 0 Å². The minimum absolute atomic E-state index is 0.0463. The molecule has 1 saturated heterocycles. The van der Waals surface area contributed by atoms with Crippen molar-refractivity contribution in [1.29, 1.82) is 0 Å². The zero-order valence-electron chi connectivity index (χ0n) is 8.57. The molecule has 2 unspecified atom stereocenters. The van der Waals surface area contributed by atoms with Crippen LogP contribution >= 0.6 is 0 Å². The van der Waals surface area contributed by atoms with E-state index in [1.807, 2.05) is 6.92 Å². The third-order valence-corrected chi connectivity index (χ3v) is 3.46. The van der Waals surface area contributed by atoms with Crippen LogP contribution in [0, 0.1) is 11.8 Å². The van der Waals surface area contributed by atoms with Gasteiger partial charge in [0.25, 0.3) is 0 Å². The van der Waals surface area contributed by atoms with Crippen molar-refractivity contribution in [3.63, 3.8) is 0 Å². The molecule has 0 aromatic carbocycles. The molecule has 80 valence electrons. The molecule has 1 heterocycles. The molecular weight excluding hydrogens is 180 g/mol. The molecule has 0 radical (unpaired) electrons. The molecular formula is C10H18N2O2. The second kappa shape index (κ2) is 3.77. The predicted octanol–water partition coefficient (Wildman–Crippen LogP) is 0.984. The molecule has 2 rings (SSSR count). The maximum Gasteiger partial charge on any atom is 0.404 e. The number of carboxylic acid groups (broad SMARTS) is 1. The van der Waals surface area contributed by atoms with Gasteiger partial charge in [-0.2, -0.15) is 0 Å². The van der Waals surface area contributed by atoms with E-state index < -0.39 is 6.09 Å². The van der Waals surface area contributed by atoms with Crippen molar-refractivity contribution in [2.24, 2.45) is 11.8 Å². The Morgan fingerprint density at radius 1 is 1.50 bits per heavy atom. The first kappa shape index (κ1) is 9.77. The summed E-state index contributed by atoms with van der Waals surface area (Å²) in [5.41, 5.74) is 0. The molecule has 1 aliphatic heterocycles. The number of nitrogens with zero attached hydrogens (tertiary/aromatic N) is 1. The fourth-order valence-electron chi connectivity index (χ4n) is 2.65. The zero-order valence-corrected chi connectivity index (χ0v) is 8.57. The fourth-order valence-corrected chi connectivity index (χ4v) is 2.65. The minimum atomic E-state index is -0.917. The molecule has 0 spiro atoms. The van der Waals surface area contributed by atoms with Gasteiger partial charge in [0, 0.05) is 25.7 Å². The quantitative estimate of drug-likeness (QED) is 0.711. The molecule has 4 heteroatoms. The van der Waals surface area contributed by atoms with Crippen molar-refractivity contribution in [1.82, 2.24) is 10.2 Å². The number of rotatable bonds is 3. The van der Waals surface area contributed by atoms with E-state index in [-0.39, 0.29) is 6.04 Å². The Hall–Kier alpha value is -0.770. The summed E-state index contributed by atoms with van der Waals surface area (Å²) in [4.78, 5) is 12.8. The highest BCUT2D eigenvalue weighted by atomic mass is 16.4. The van der Waals surface area contributed by atoms with Gasteiger partial charge in [0.2, 0.25) is 0 Å². The molecule has 2 fully saturated rings. The van der Waals surface area contributed by atoms with Gasteiger partial charge in [-0.15, -0.1) is 0 Å². The van der Waals surface area contributed by atoms with Gasteiger partial charge in [-0.1, -0.05) is 0 Å². The Morgan fingerprint density at radius 2 is 2.07 bits per heavy atom. The summed E-state index contributed by atoms with van der Waals surface area (Å²) >= 11 is 0. The monoisotopic (exact) mass is 198 g/mol. The maximum absolute atomic E-state index is 10.4. The lowest BCUT2D eigenvalue weighted by atomic mass is 9.77. The van der Waals surface area contributed by atoms with Gasteiger partial charge in [0.05, 0.1) is 0 Å². The van der Waals surface area contributed by atoms with Gasteiger partial charge >= 0.3 is 6.09 Å². The molecule has 0 aromatic rings. The summed E-state index contributed by atoms with van der Waals surface area (Å²) in [5.74, 6) is 1.82. The van der Waals surface area contributed by atoms with Crippen LogP contribution in [-0.2, 0) is 0 Å². The molecule has 1 saturated carbocycles. The lowest BCUT2D eigenvalue weighted by Crippen LogP contribution is -2.40. The lowest BCUT2D eigenvalue weighted by Gasteiger charge is -2.28. The minimum Gasteiger partial charge on any atom is -0.465 e. The molecule has 0 aromatic heterocycles. The molecule has 0 bridgehead atoms. The average molecular weight is 198 g/mol. The van der Waals surface area contributed by atoms with Crippen LogP contribution in [0.4, 0.5) is 4.79 Å². The first-order chi connectivity index (χ1) is 6.65. The topological polar surface area (TPSA) is 52.6 Å². The largest absolute Gasteiger partial charge is 0.465 e. The zero-order chi connectivity index (χ0) is 10.1. The number of likely N-dealkylation sites (tertiary alicyclic amines) is 1. The molecule has 1 amide bonds. The number of nitrogens with one attached hydrogen (secondary N) is 1. The van der Waals surface area contributed by atoms with Crippen LogP contribution in [-0.4, -0.2) is 41.8 Å². The van der Waals surface area contributed by atoms with E-state index in [1.165, 1.54) is 25.9 Å². The molecule has 2 aliphatic rings. The van der Waals surface area contributed by atoms with E-state index in [4.69, 9.17) is 5.11 Å². The van der Waals surface area contributed by atoms with Crippen molar-refractivity contribution < 1.29 is 9.90 Å². The second-order valence-corrected chi connectivity index (χ2v) is 4.67. The Morgan fingerprint density at radius 3 is 2.50 bits per heavy atom. The Bertz CT molecular complexity index is 220. The van der Waals surface area contributed by atoms with Crippen molar-refractivity contribution in [3.8, 4) is 0 Å². The highest BCUT2D eigenvalue weighted by Crippen LogP contribution is 2.40. The summed E-state index contributed by atoms with van der Waals surface area (Å²) < 4.78 is 0. The van der Waals surface area contributed by atoms with Crippen LogP contribution in [0.3, 0.4) is 0 Å². The van der Waals surface area contributed by atoms with Crippen LogP contribution in [0.2, 0.25) is 0 Å². The number of amides is 1. The predicted molar refractivity (Wildman–Crippen MR) is 53.3 cm³/mol. The fraction of sp³-hybridized carbons (Fsp3) is 0.900. The molecule has 1 aliphatic carbocycles.